The van der Waals surface area contributed by atoms with E-state index in [2.05, 4.69) is 15.0 Å². The molecule has 2 aromatic carbocycles. The molecule has 0 spiro atoms. The van der Waals surface area contributed by atoms with Crippen LogP contribution in [0.15, 0.2) is 71.8 Å². The van der Waals surface area contributed by atoms with E-state index in [1.165, 1.54) is 12.1 Å². The summed E-state index contributed by atoms with van der Waals surface area (Å²) < 4.78 is 27.9. The molecule has 0 saturated heterocycles. The fourth-order valence-electron chi connectivity index (χ4n) is 2.79. The van der Waals surface area contributed by atoms with Gasteiger partial charge >= 0.3 is 0 Å². The number of rotatable bonds is 4. The number of sulfonamides is 1. The van der Waals surface area contributed by atoms with Crippen molar-refractivity contribution in [3.05, 3.63) is 78.1 Å². The van der Waals surface area contributed by atoms with Crippen LogP contribution < -0.4 is 10.0 Å². The maximum absolute atomic E-state index is 12.7. The first-order valence-electron chi connectivity index (χ1n) is 7.92. The van der Waals surface area contributed by atoms with Crippen molar-refractivity contribution in [1.29, 1.82) is 0 Å². The Kier molecular flexibility index (Phi) is 3.85. The predicted octanol–water partition coefficient (Wildman–Crippen LogP) is 3.31. The summed E-state index contributed by atoms with van der Waals surface area (Å²) in [4.78, 5) is 15.3. The van der Waals surface area contributed by atoms with Gasteiger partial charge in [0.25, 0.3) is 15.9 Å². The van der Waals surface area contributed by atoms with Gasteiger partial charge in [-0.25, -0.2) is 8.42 Å². The molecule has 0 radical (unpaired) electrons. The van der Waals surface area contributed by atoms with E-state index < -0.39 is 10.0 Å². The predicted molar refractivity (Wildman–Crippen MR) is 101 cm³/mol. The molecule has 130 valence electrons. The average Bonchev–Trinajstić information content (AvgIpc) is 3.24. The Morgan fingerprint density at radius 3 is 2.50 bits per heavy atom. The molecular weight excluding hydrogens is 350 g/mol. The van der Waals surface area contributed by atoms with E-state index in [1.807, 2.05) is 18.2 Å². The topological polar surface area (TPSA) is 91.1 Å². The molecule has 0 unspecified atom stereocenters. The molecule has 0 fully saturated rings. The van der Waals surface area contributed by atoms with Crippen molar-refractivity contribution in [3.8, 4) is 0 Å². The zero-order chi connectivity index (χ0) is 18.1. The summed E-state index contributed by atoms with van der Waals surface area (Å²) in [5.41, 5.74) is 2.80. The van der Waals surface area contributed by atoms with Gasteiger partial charge in [0.15, 0.2) is 0 Å². The van der Waals surface area contributed by atoms with Crippen LogP contribution in [0, 0.1) is 0 Å². The van der Waals surface area contributed by atoms with Crippen molar-refractivity contribution in [1.82, 2.24) is 4.98 Å². The summed E-state index contributed by atoms with van der Waals surface area (Å²) in [6.45, 7) is 0. The lowest BCUT2D eigenvalue weighted by atomic mass is 10.1. The van der Waals surface area contributed by atoms with E-state index in [4.69, 9.17) is 0 Å². The lowest BCUT2D eigenvalue weighted by Crippen LogP contribution is -2.13. The van der Waals surface area contributed by atoms with Crippen molar-refractivity contribution in [2.24, 2.45) is 0 Å². The number of H-pyrrole nitrogens is 1. The first kappa shape index (κ1) is 16.2. The van der Waals surface area contributed by atoms with Crippen molar-refractivity contribution in [2.75, 3.05) is 10.0 Å². The quantitative estimate of drug-likeness (QED) is 0.620. The van der Waals surface area contributed by atoms with Crippen molar-refractivity contribution in [2.45, 2.75) is 4.90 Å². The molecular formula is C19H15N3O3S. The van der Waals surface area contributed by atoms with E-state index in [0.29, 0.717) is 22.5 Å². The van der Waals surface area contributed by atoms with Crippen LogP contribution in [0.4, 0.5) is 11.4 Å². The summed E-state index contributed by atoms with van der Waals surface area (Å²) in [6.07, 6.45) is 3.45. The van der Waals surface area contributed by atoms with E-state index in [1.54, 1.807) is 42.6 Å². The van der Waals surface area contributed by atoms with Crippen molar-refractivity contribution >= 4 is 39.0 Å². The second-order valence-corrected chi connectivity index (χ2v) is 7.50. The molecule has 2 heterocycles. The second-order valence-electron chi connectivity index (χ2n) is 5.82. The third-order valence-corrected chi connectivity index (χ3v) is 5.41. The zero-order valence-corrected chi connectivity index (χ0v) is 14.4. The number of amides is 1. The molecule has 1 aliphatic heterocycles. The Bertz CT molecular complexity index is 1100. The minimum atomic E-state index is -3.76. The Morgan fingerprint density at radius 1 is 0.962 bits per heavy atom. The molecule has 0 bridgehead atoms. The standard InChI is InChI=1S/C19H15N3O3S/c23-19-17(11-14-7-4-10-20-14)16-12-15(8-9-18(16)21-19)26(24,25)22-13-5-2-1-3-6-13/h1-12,20,22H,(H,21,23)/b17-11-. The molecule has 4 rings (SSSR count). The number of fused-ring (bicyclic) bond motifs is 1. The van der Waals surface area contributed by atoms with Crippen molar-refractivity contribution < 1.29 is 13.2 Å². The molecule has 7 heteroatoms. The van der Waals surface area contributed by atoms with Crippen LogP contribution in [0.2, 0.25) is 0 Å². The van der Waals surface area contributed by atoms with Crippen LogP contribution in [0.3, 0.4) is 0 Å². The average molecular weight is 365 g/mol. The molecule has 6 nitrogen and oxygen atoms in total. The maximum atomic E-state index is 12.7. The fraction of sp³-hybridized carbons (Fsp3) is 0. The highest BCUT2D eigenvalue weighted by Crippen LogP contribution is 2.35. The largest absolute Gasteiger partial charge is 0.362 e. The number of carbonyl (C=O) groups excluding carboxylic acids is 1. The number of benzene rings is 2. The summed E-state index contributed by atoms with van der Waals surface area (Å²) in [5.74, 6) is -0.264. The molecule has 1 amide bonds. The zero-order valence-electron chi connectivity index (χ0n) is 13.6. The molecule has 0 saturated carbocycles. The summed E-state index contributed by atoms with van der Waals surface area (Å²) in [5, 5.41) is 2.75. The Morgan fingerprint density at radius 2 is 1.77 bits per heavy atom. The van der Waals surface area contributed by atoms with Gasteiger partial charge in [0.2, 0.25) is 0 Å². The molecule has 1 aromatic heterocycles. The van der Waals surface area contributed by atoms with Crippen LogP contribution in [0.5, 0.6) is 0 Å². The lowest BCUT2D eigenvalue weighted by molar-refractivity contribution is -0.110. The number of para-hydroxylation sites is 1. The number of aromatic amines is 1. The summed E-state index contributed by atoms with van der Waals surface area (Å²) in [7, 11) is -3.76. The SMILES string of the molecule is O=C1Nc2ccc(S(=O)(=O)Nc3ccccc3)cc2/C1=C/c1ccc[nH]1. The van der Waals surface area contributed by atoms with E-state index in [9.17, 15) is 13.2 Å². The Hall–Kier alpha value is -3.32. The number of carbonyl (C=O) groups is 1. The normalized spacial score (nSPS) is 14.9. The van der Waals surface area contributed by atoms with Crippen LogP contribution in [0.1, 0.15) is 11.3 Å². The summed E-state index contributed by atoms with van der Waals surface area (Å²) in [6, 6.07) is 16.9. The molecule has 26 heavy (non-hydrogen) atoms. The van der Waals surface area contributed by atoms with Gasteiger partial charge in [-0.05, 0) is 48.5 Å². The van der Waals surface area contributed by atoms with Crippen LogP contribution in [-0.2, 0) is 14.8 Å². The first-order chi connectivity index (χ1) is 12.5. The fourth-order valence-corrected chi connectivity index (χ4v) is 3.87. The monoisotopic (exact) mass is 365 g/mol. The molecule has 1 aliphatic rings. The maximum Gasteiger partial charge on any atom is 0.261 e. The van der Waals surface area contributed by atoms with Crippen LogP contribution >= 0.6 is 0 Å². The van der Waals surface area contributed by atoms with Crippen molar-refractivity contribution in [3.63, 3.8) is 0 Å². The highest BCUT2D eigenvalue weighted by molar-refractivity contribution is 7.92. The van der Waals surface area contributed by atoms with Gasteiger partial charge in [0.05, 0.1) is 10.5 Å². The number of hydrogen-bond acceptors (Lipinski definition) is 3. The van der Waals surface area contributed by atoms with Gasteiger partial charge < -0.3 is 10.3 Å². The summed E-state index contributed by atoms with van der Waals surface area (Å²) >= 11 is 0. The second kappa shape index (κ2) is 6.20. The van der Waals surface area contributed by atoms with Crippen LogP contribution in [-0.4, -0.2) is 19.3 Å². The first-order valence-corrected chi connectivity index (χ1v) is 9.40. The minimum Gasteiger partial charge on any atom is -0.362 e. The smallest absolute Gasteiger partial charge is 0.261 e. The third kappa shape index (κ3) is 3.00. The van der Waals surface area contributed by atoms with E-state index in [-0.39, 0.29) is 10.8 Å². The van der Waals surface area contributed by atoms with Gasteiger partial charge in [-0.2, -0.15) is 0 Å². The third-order valence-electron chi connectivity index (χ3n) is 4.03. The van der Waals surface area contributed by atoms with Gasteiger partial charge in [-0.3, -0.25) is 9.52 Å². The van der Waals surface area contributed by atoms with Gasteiger partial charge in [-0.1, -0.05) is 18.2 Å². The van der Waals surface area contributed by atoms with Gasteiger partial charge in [0, 0.05) is 28.8 Å². The van der Waals surface area contributed by atoms with Gasteiger partial charge in [0.1, 0.15) is 0 Å². The number of hydrogen-bond donors (Lipinski definition) is 3. The number of nitrogens with one attached hydrogen (secondary N) is 3. The van der Waals surface area contributed by atoms with E-state index >= 15 is 0 Å². The molecule has 0 atom stereocenters. The number of aromatic nitrogens is 1. The van der Waals surface area contributed by atoms with Crippen LogP contribution in [0.25, 0.3) is 11.6 Å². The minimum absolute atomic E-state index is 0.0917. The Balaban J connectivity index is 1.73. The molecule has 0 aliphatic carbocycles. The molecule has 3 aromatic rings. The highest BCUT2D eigenvalue weighted by atomic mass is 32.2. The number of anilines is 2. The van der Waals surface area contributed by atoms with Gasteiger partial charge in [-0.15, -0.1) is 0 Å². The lowest BCUT2D eigenvalue weighted by Gasteiger charge is -2.09. The molecule has 3 N–H and O–H groups in total. The van der Waals surface area contributed by atoms with E-state index in [0.717, 1.165) is 5.69 Å². The highest BCUT2D eigenvalue weighted by Gasteiger charge is 2.26. The Labute approximate surface area is 150 Å².